The van der Waals surface area contributed by atoms with Gasteiger partial charge in [-0.2, -0.15) is 0 Å². The van der Waals surface area contributed by atoms with Crippen LogP contribution in [0.2, 0.25) is 0 Å². The lowest BCUT2D eigenvalue weighted by Gasteiger charge is -2.18. The zero-order valence-electron chi connectivity index (χ0n) is 46.6. The molecule has 0 aliphatic carbocycles. The summed E-state index contributed by atoms with van der Waals surface area (Å²) in [7, 11) is 0. The van der Waals surface area contributed by atoms with E-state index in [2.05, 4.69) is 27.7 Å². The number of hydrogen-bond donors (Lipinski definition) is 0. The maximum absolute atomic E-state index is 12.9. The first-order chi connectivity index (χ1) is 33.4. The van der Waals surface area contributed by atoms with Crippen LogP contribution in [0.1, 0.15) is 355 Å². The SMILES string of the molecule is CCCCCCCCCCCCCCCCCCCCCC(=O)OC[C@H](COC(=O)CCCCCCCCCCCCCCCC)OC(=O)CCCCCCCCCCCCCCCCC(C)C. The van der Waals surface area contributed by atoms with Crippen LogP contribution in [0.4, 0.5) is 0 Å². The maximum Gasteiger partial charge on any atom is 0.306 e. The van der Waals surface area contributed by atoms with Gasteiger partial charge in [-0.1, -0.05) is 317 Å². The van der Waals surface area contributed by atoms with Crippen molar-refractivity contribution in [1.82, 2.24) is 0 Å². The average Bonchev–Trinajstić information content (AvgIpc) is 3.32. The van der Waals surface area contributed by atoms with E-state index in [0.717, 1.165) is 63.7 Å². The van der Waals surface area contributed by atoms with Gasteiger partial charge in [-0.15, -0.1) is 0 Å². The first-order valence-electron chi connectivity index (χ1n) is 30.9. The van der Waals surface area contributed by atoms with E-state index in [1.807, 2.05) is 0 Å². The Morgan fingerprint density at radius 1 is 0.279 bits per heavy atom. The Morgan fingerprint density at radius 3 is 0.721 bits per heavy atom. The number of carbonyl (C=O) groups is 3. The number of hydrogen-bond acceptors (Lipinski definition) is 6. The highest BCUT2D eigenvalue weighted by Crippen LogP contribution is 2.18. The van der Waals surface area contributed by atoms with Gasteiger partial charge in [0.2, 0.25) is 0 Å². The van der Waals surface area contributed by atoms with Gasteiger partial charge in [-0.05, 0) is 25.2 Å². The molecule has 0 unspecified atom stereocenters. The molecule has 0 aliphatic heterocycles. The average molecular weight is 962 g/mol. The molecule has 0 aromatic rings. The van der Waals surface area contributed by atoms with Crippen molar-refractivity contribution in [2.45, 2.75) is 361 Å². The van der Waals surface area contributed by atoms with Gasteiger partial charge in [0.1, 0.15) is 13.2 Å². The molecule has 0 bridgehead atoms. The molecule has 1 atom stereocenters. The van der Waals surface area contributed by atoms with Gasteiger partial charge < -0.3 is 14.2 Å². The molecule has 404 valence electrons. The number of carbonyl (C=O) groups excluding carboxylic acids is 3. The Bertz CT molecular complexity index is 1030. The summed E-state index contributed by atoms with van der Waals surface area (Å²) in [5.74, 6) is 0.0131. The fraction of sp³-hybridized carbons (Fsp3) is 0.952. The molecule has 0 rings (SSSR count). The van der Waals surface area contributed by atoms with E-state index >= 15 is 0 Å². The van der Waals surface area contributed by atoms with Crippen molar-refractivity contribution in [2.24, 2.45) is 5.92 Å². The molecule has 0 amide bonds. The minimum Gasteiger partial charge on any atom is -0.462 e. The normalized spacial score (nSPS) is 12.0. The minimum absolute atomic E-state index is 0.0614. The predicted octanol–water partition coefficient (Wildman–Crippen LogP) is 20.6. The predicted molar refractivity (Wildman–Crippen MR) is 293 cm³/mol. The summed E-state index contributed by atoms with van der Waals surface area (Å²) in [5.41, 5.74) is 0. The molecule has 0 aromatic heterocycles. The van der Waals surface area contributed by atoms with E-state index in [9.17, 15) is 14.4 Å². The van der Waals surface area contributed by atoms with Crippen molar-refractivity contribution >= 4 is 17.9 Å². The molecule has 0 spiro atoms. The molecule has 0 radical (unpaired) electrons. The molecule has 0 fully saturated rings. The van der Waals surface area contributed by atoms with Crippen LogP contribution >= 0.6 is 0 Å². The quantitative estimate of drug-likeness (QED) is 0.0343. The summed E-state index contributed by atoms with van der Waals surface area (Å²) in [5, 5.41) is 0. The van der Waals surface area contributed by atoms with E-state index in [1.165, 1.54) is 250 Å². The second-order valence-corrected chi connectivity index (χ2v) is 21.8. The number of esters is 3. The molecule has 6 nitrogen and oxygen atoms in total. The molecule has 0 aromatic carbocycles. The topological polar surface area (TPSA) is 78.9 Å². The lowest BCUT2D eigenvalue weighted by atomic mass is 10.0. The highest BCUT2D eigenvalue weighted by molar-refractivity contribution is 5.71. The number of ether oxygens (including phenoxy) is 3. The summed E-state index contributed by atoms with van der Waals surface area (Å²) in [6, 6.07) is 0. The largest absolute Gasteiger partial charge is 0.462 e. The van der Waals surface area contributed by atoms with Gasteiger partial charge in [0.15, 0.2) is 6.10 Å². The number of rotatable bonds is 57. The van der Waals surface area contributed by atoms with E-state index in [4.69, 9.17) is 14.2 Å². The fourth-order valence-electron chi connectivity index (χ4n) is 9.63. The first-order valence-corrected chi connectivity index (χ1v) is 30.9. The number of unbranched alkanes of at least 4 members (excludes halogenated alkanes) is 44. The van der Waals surface area contributed by atoms with Crippen LogP contribution in [-0.2, 0) is 28.6 Å². The third kappa shape index (κ3) is 55.3. The van der Waals surface area contributed by atoms with E-state index in [-0.39, 0.29) is 31.1 Å². The zero-order valence-corrected chi connectivity index (χ0v) is 46.6. The summed E-state index contributed by atoms with van der Waals surface area (Å²) in [6.45, 7) is 9.08. The van der Waals surface area contributed by atoms with Crippen molar-refractivity contribution in [2.75, 3.05) is 13.2 Å². The van der Waals surface area contributed by atoms with Crippen LogP contribution in [0.5, 0.6) is 0 Å². The van der Waals surface area contributed by atoms with Gasteiger partial charge in [0.25, 0.3) is 0 Å². The minimum atomic E-state index is -0.762. The molecule has 0 saturated heterocycles. The van der Waals surface area contributed by atoms with Crippen molar-refractivity contribution in [3.8, 4) is 0 Å². The Labute approximate surface area is 425 Å². The van der Waals surface area contributed by atoms with Crippen molar-refractivity contribution in [3.05, 3.63) is 0 Å². The molecule has 0 heterocycles. The highest BCUT2D eigenvalue weighted by Gasteiger charge is 2.19. The summed E-state index contributed by atoms with van der Waals surface area (Å²) >= 11 is 0. The lowest BCUT2D eigenvalue weighted by molar-refractivity contribution is -0.167. The molecular formula is C62H120O6. The van der Waals surface area contributed by atoms with Crippen LogP contribution in [0.15, 0.2) is 0 Å². The molecule has 0 aliphatic rings. The Kier molecular flexibility index (Phi) is 55.0. The van der Waals surface area contributed by atoms with E-state index in [1.54, 1.807) is 0 Å². The highest BCUT2D eigenvalue weighted by atomic mass is 16.6. The van der Waals surface area contributed by atoms with Gasteiger partial charge in [-0.3, -0.25) is 14.4 Å². The fourth-order valence-corrected chi connectivity index (χ4v) is 9.63. The standard InChI is InChI=1S/C62H120O6/c1-5-7-9-11-13-15-17-19-21-22-23-24-25-30-34-38-42-46-50-54-61(64)67-57-59(56-66-60(63)53-49-45-41-37-33-29-20-18-16-14-12-10-8-6-2)68-62(65)55-51-47-43-39-35-31-27-26-28-32-36-40-44-48-52-58(3)4/h58-59H,5-57H2,1-4H3/t59-/m0/s1. The second-order valence-electron chi connectivity index (χ2n) is 21.8. The molecule has 6 heteroatoms. The smallest absolute Gasteiger partial charge is 0.306 e. The molecule has 68 heavy (non-hydrogen) atoms. The van der Waals surface area contributed by atoms with Crippen molar-refractivity contribution in [3.63, 3.8) is 0 Å². The molecule has 0 N–H and O–H groups in total. The van der Waals surface area contributed by atoms with E-state index < -0.39 is 6.10 Å². The van der Waals surface area contributed by atoms with Crippen LogP contribution in [0.3, 0.4) is 0 Å². The Morgan fingerprint density at radius 2 is 0.485 bits per heavy atom. The second kappa shape index (κ2) is 56.3. The van der Waals surface area contributed by atoms with Gasteiger partial charge in [0.05, 0.1) is 0 Å². The Hall–Kier alpha value is -1.59. The zero-order chi connectivity index (χ0) is 49.5. The van der Waals surface area contributed by atoms with Gasteiger partial charge in [-0.25, -0.2) is 0 Å². The van der Waals surface area contributed by atoms with Crippen LogP contribution < -0.4 is 0 Å². The van der Waals surface area contributed by atoms with E-state index in [0.29, 0.717) is 19.3 Å². The van der Waals surface area contributed by atoms with Crippen molar-refractivity contribution in [1.29, 1.82) is 0 Å². The maximum atomic E-state index is 12.9. The van der Waals surface area contributed by atoms with Crippen LogP contribution in [0.25, 0.3) is 0 Å². The van der Waals surface area contributed by atoms with Gasteiger partial charge >= 0.3 is 17.9 Å². The summed E-state index contributed by atoms with van der Waals surface area (Å²) < 4.78 is 16.9. The van der Waals surface area contributed by atoms with Gasteiger partial charge in [0, 0.05) is 19.3 Å². The summed E-state index contributed by atoms with van der Waals surface area (Å²) in [6.07, 6.45) is 62.4. The lowest BCUT2D eigenvalue weighted by Crippen LogP contribution is -2.30. The summed E-state index contributed by atoms with van der Waals surface area (Å²) in [4.78, 5) is 38.2. The monoisotopic (exact) mass is 961 g/mol. The van der Waals surface area contributed by atoms with Crippen LogP contribution in [-0.4, -0.2) is 37.2 Å². The Balaban J connectivity index is 4.27. The van der Waals surface area contributed by atoms with Crippen LogP contribution in [0, 0.1) is 5.92 Å². The third-order valence-corrected chi connectivity index (χ3v) is 14.3. The first kappa shape index (κ1) is 66.4. The molecule has 0 saturated carbocycles. The molecular weight excluding hydrogens is 841 g/mol. The third-order valence-electron chi connectivity index (χ3n) is 14.3. The van der Waals surface area contributed by atoms with Crippen molar-refractivity contribution < 1.29 is 28.6 Å².